The number of carbonyl (C=O) groups is 2. The van der Waals surface area contributed by atoms with Gasteiger partial charge in [0, 0.05) is 31.4 Å². The number of nitrogens with zero attached hydrogens (tertiary/aromatic N) is 5. The summed E-state index contributed by atoms with van der Waals surface area (Å²) in [6, 6.07) is 13.9. The zero-order valence-corrected chi connectivity index (χ0v) is 19.6. The van der Waals surface area contributed by atoms with Crippen LogP contribution in [0.3, 0.4) is 0 Å². The van der Waals surface area contributed by atoms with Crippen LogP contribution in [0.25, 0.3) is 16.7 Å². The fourth-order valence-electron chi connectivity index (χ4n) is 4.61. The number of benzene rings is 2. The molecule has 0 radical (unpaired) electrons. The number of para-hydroxylation sites is 1. The molecule has 5 rings (SSSR count). The van der Waals surface area contributed by atoms with Crippen molar-refractivity contribution in [2.45, 2.75) is 38.3 Å². The van der Waals surface area contributed by atoms with Gasteiger partial charge in [-0.05, 0) is 43.2 Å². The average molecular weight is 475 g/mol. The van der Waals surface area contributed by atoms with Gasteiger partial charge in [0.1, 0.15) is 6.54 Å². The van der Waals surface area contributed by atoms with Crippen molar-refractivity contribution in [1.29, 1.82) is 0 Å². The molecule has 2 heterocycles. The third kappa shape index (κ3) is 4.01. The molecule has 0 atom stereocenters. The maximum Gasteiger partial charge on any atom is 0.352 e. The first-order chi connectivity index (χ1) is 16.8. The van der Waals surface area contributed by atoms with E-state index in [2.05, 4.69) is 10.4 Å². The molecule has 0 unspecified atom stereocenters. The van der Waals surface area contributed by atoms with E-state index in [1.54, 1.807) is 37.4 Å². The zero-order chi connectivity index (χ0) is 24.7. The van der Waals surface area contributed by atoms with Crippen molar-refractivity contribution in [3.05, 3.63) is 74.9 Å². The van der Waals surface area contributed by atoms with E-state index in [1.807, 2.05) is 18.2 Å². The number of hydrogen-bond donors (Lipinski definition) is 1. The number of nitrogens with one attached hydrogen (secondary N) is 1. The fraction of sp³-hybridized carbons (Fsp3) is 0.320. The minimum Gasteiger partial charge on any atom is -0.349 e. The van der Waals surface area contributed by atoms with Crippen LogP contribution >= 0.6 is 0 Å². The summed E-state index contributed by atoms with van der Waals surface area (Å²) >= 11 is 0. The smallest absolute Gasteiger partial charge is 0.349 e. The second-order valence-corrected chi connectivity index (χ2v) is 8.91. The van der Waals surface area contributed by atoms with Crippen LogP contribution in [0.2, 0.25) is 0 Å². The van der Waals surface area contributed by atoms with E-state index >= 15 is 0 Å². The predicted octanol–water partition coefficient (Wildman–Crippen LogP) is 1.68. The Morgan fingerprint density at radius 2 is 1.80 bits per heavy atom. The summed E-state index contributed by atoms with van der Waals surface area (Å²) < 4.78 is 3.59. The van der Waals surface area contributed by atoms with Crippen LogP contribution in [0.15, 0.2) is 58.1 Å². The first-order valence-corrected chi connectivity index (χ1v) is 11.6. The maximum atomic E-state index is 13.3. The van der Waals surface area contributed by atoms with E-state index < -0.39 is 5.69 Å². The van der Waals surface area contributed by atoms with Crippen LogP contribution in [0.5, 0.6) is 0 Å². The second-order valence-electron chi connectivity index (χ2n) is 8.91. The molecule has 2 aromatic carbocycles. The molecule has 35 heavy (non-hydrogen) atoms. The Kier molecular flexibility index (Phi) is 5.72. The standard InChI is InChI=1S/C25H26N6O4/c1-28(18-10-4-3-5-11-18)21(32)15-30-25(35)31-20-14-16(22(33)26-17-8-6-7-9-17)12-13-19(20)23(34)29(2)24(31)27-30/h3-5,10-14,17H,6-9,15H2,1-2H3,(H,26,33). The monoisotopic (exact) mass is 474 g/mol. The number of amides is 2. The van der Waals surface area contributed by atoms with E-state index in [1.165, 1.54) is 20.9 Å². The maximum absolute atomic E-state index is 13.3. The number of aryl methyl sites for hydroxylation is 1. The lowest BCUT2D eigenvalue weighted by atomic mass is 10.1. The Morgan fingerprint density at radius 1 is 1.09 bits per heavy atom. The van der Waals surface area contributed by atoms with Crippen LogP contribution < -0.4 is 21.5 Å². The Bertz CT molecular complexity index is 1560. The van der Waals surface area contributed by atoms with Gasteiger partial charge in [-0.25, -0.2) is 13.9 Å². The minimum atomic E-state index is -0.566. The lowest BCUT2D eigenvalue weighted by Crippen LogP contribution is -2.34. The van der Waals surface area contributed by atoms with E-state index in [4.69, 9.17) is 0 Å². The van der Waals surface area contributed by atoms with Crippen LogP contribution in [-0.4, -0.2) is 43.7 Å². The lowest BCUT2D eigenvalue weighted by Gasteiger charge is -2.16. The van der Waals surface area contributed by atoms with Crippen LogP contribution in [0.1, 0.15) is 36.0 Å². The van der Waals surface area contributed by atoms with Gasteiger partial charge in [0.05, 0.1) is 10.9 Å². The SMILES string of the molecule is CN(C(=O)Cn1nc2n(C)c(=O)c3ccc(C(=O)NC4CCCC4)cc3n2c1=O)c1ccccc1. The number of likely N-dealkylation sites (N-methyl/N-ethyl adjacent to an activating group) is 1. The first kappa shape index (κ1) is 22.6. The van der Waals surface area contributed by atoms with Gasteiger partial charge in [-0.1, -0.05) is 31.0 Å². The molecule has 1 fully saturated rings. The van der Waals surface area contributed by atoms with Crippen LogP contribution in [-0.2, 0) is 18.4 Å². The summed E-state index contributed by atoms with van der Waals surface area (Å²) in [5.41, 5.74) is 0.412. The molecule has 180 valence electrons. The highest BCUT2D eigenvalue weighted by Crippen LogP contribution is 2.19. The molecule has 0 bridgehead atoms. The molecule has 1 aliphatic rings. The molecule has 1 N–H and O–H groups in total. The lowest BCUT2D eigenvalue weighted by molar-refractivity contribution is -0.119. The van der Waals surface area contributed by atoms with E-state index in [0.29, 0.717) is 11.3 Å². The molecule has 0 spiro atoms. The number of rotatable bonds is 5. The molecule has 0 saturated heterocycles. The molecule has 10 heteroatoms. The third-order valence-electron chi connectivity index (χ3n) is 6.65. The molecule has 2 amide bonds. The van der Waals surface area contributed by atoms with Crippen molar-refractivity contribution in [3.63, 3.8) is 0 Å². The van der Waals surface area contributed by atoms with Gasteiger partial charge >= 0.3 is 5.69 Å². The molecule has 2 aromatic heterocycles. The van der Waals surface area contributed by atoms with Gasteiger partial charge in [-0.3, -0.25) is 19.0 Å². The Labute approximate surface area is 200 Å². The highest BCUT2D eigenvalue weighted by Gasteiger charge is 2.22. The first-order valence-electron chi connectivity index (χ1n) is 11.6. The van der Waals surface area contributed by atoms with Crippen molar-refractivity contribution in [2.75, 3.05) is 11.9 Å². The van der Waals surface area contributed by atoms with Gasteiger partial charge in [-0.2, -0.15) is 0 Å². The Morgan fingerprint density at radius 3 is 2.51 bits per heavy atom. The number of anilines is 1. The van der Waals surface area contributed by atoms with Gasteiger partial charge in [-0.15, -0.1) is 5.10 Å². The summed E-state index contributed by atoms with van der Waals surface area (Å²) in [4.78, 5) is 53.4. The summed E-state index contributed by atoms with van der Waals surface area (Å²) in [6.07, 6.45) is 4.07. The summed E-state index contributed by atoms with van der Waals surface area (Å²) in [5, 5.41) is 7.59. The minimum absolute atomic E-state index is 0.0935. The van der Waals surface area contributed by atoms with E-state index in [-0.39, 0.29) is 46.6 Å². The van der Waals surface area contributed by atoms with Gasteiger partial charge < -0.3 is 10.2 Å². The molecule has 0 aliphatic heterocycles. The topological polar surface area (TPSA) is 111 Å². The summed E-state index contributed by atoms with van der Waals surface area (Å²) in [5.74, 6) is -0.489. The molecule has 1 saturated carbocycles. The van der Waals surface area contributed by atoms with Crippen LogP contribution in [0, 0.1) is 0 Å². The van der Waals surface area contributed by atoms with Crippen LogP contribution in [0.4, 0.5) is 5.69 Å². The molecule has 10 nitrogen and oxygen atoms in total. The predicted molar refractivity (Wildman–Crippen MR) is 132 cm³/mol. The Hall–Kier alpha value is -4.21. The quantitative estimate of drug-likeness (QED) is 0.473. The van der Waals surface area contributed by atoms with Crippen molar-refractivity contribution < 1.29 is 9.59 Å². The average Bonchev–Trinajstić information content (AvgIpc) is 3.50. The van der Waals surface area contributed by atoms with Crippen molar-refractivity contribution in [1.82, 2.24) is 24.1 Å². The highest BCUT2D eigenvalue weighted by molar-refractivity contribution is 5.98. The Balaban J connectivity index is 1.56. The fourth-order valence-corrected chi connectivity index (χ4v) is 4.61. The number of carbonyl (C=O) groups excluding carboxylic acids is 2. The summed E-state index contributed by atoms with van der Waals surface area (Å²) in [6.45, 7) is -0.302. The van der Waals surface area contributed by atoms with Gasteiger partial charge in [0.15, 0.2) is 0 Å². The van der Waals surface area contributed by atoms with Gasteiger partial charge in [0.25, 0.3) is 11.5 Å². The number of aromatic nitrogens is 4. The largest absolute Gasteiger partial charge is 0.352 e. The third-order valence-corrected chi connectivity index (χ3v) is 6.65. The molecular weight excluding hydrogens is 448 g/mol. The normalized spacial score (nSPS) is 14.0. The van der Waals surface area contributed by atoms with Crippen molar-refractivity contribution >= 4 is 34.2 Å². The number of fused-ring (bicyclic) bond motifs is 3. The number of hydrogen-bond acceptors (Lipinski definition) is 5. The zero-order valence-electron chi connectivity index (χ0n) is 19.6. The molecular formula is C25H26N6O4. The van der Waals surface area contributed by atoms with Crippen molar-refractivity contribution in [3.8, 4) is 0 Å². The second kappa shape index (κ2) is 8.86. The highest BCUT2D eigenvalue weighted by atomic mass is 16.2. The van der Waals surface area contributed by atoms with E-state index in [0.717, 1.165) is 30.4 Å². The molecule has 1 aliphatic carbocycles. The summed E-state index contributed by atoms with van der Waals surface area (Å²) in [7, 11) is 3.14. The molecule has 4 aromatic rings. The van der Waals surface area contributed by atoms with Crippen molar-refractivity contribution in [2.24, 2.45) is 7.05 Å². The van der Waals surface area contributed by atoms with E-state index in [9.17, 15) is 19.2 Å². The van der Waals surface area contributed by atoms with Gasteiger partial charge in [0.2, 0.25) is 11.7 Å².